The Hall–Kier alpha value is -2.19. The quantitative estimate of drug-likeness (QED) is 0.767. The zero-order chi connectivity index (χ0) is 19.9. The van der Waals surface area contributed by atoms with E-state index in [1.807, 2.05) is 36.1 Å². The number of carbonyl (C=O) groups excluding carboxylic acids is 1. The third-order valence-corrected chi connectivity index (χ3v) is 8.14. The maximum absolute atomic E-state index is 13.1. The van der Waals surface area contributed by atoms with Gasteiger partial charge in [-0.25, -0.2) is 12.8 Å². The van der Waals surface area contributed by atoms with E-state index < -0.39 is 9.84 Å². The van der Waals surface area contributed by atoms with Crippen molar-refractivity contribution in [3.8, 4) is 0 Å². The third-order valence-electron chi connectivity index (χ3n) is 4.93. The Morgan fingerprint density at radius 2 is 1.89 bits per heavy atom. The number of anilines is 1. The molecule has 2 heterocycles. The summed E-state index contributed by atoms with van der Waals surface area (Å²) in [6.07, 6.45) is 0.0690. The molecule has 0 spiro atoms. The average Bonchev–Trinajstić information content (AvgIpc) is 3.08. The lowest BCUT2D eigenvalue weighted by Crippen LogP contribution is -2.38. The first kappa shape index (κ1) is 19.1. The lowest BCUT2D eigenvalue weighted by molar-refractivity contribution is -0.117. The third kappa shape index (κ3) is 3.84. The summed E-state index contributed by atoms with van der Waals surface area (Å²) < 4.78 is 37.3. The summed E-state index contributed by atoms with van der Waals surface area (Å²) in [7, 11) is -3.10. The minimum Gasteiger partial charge on any atom is -0.315 e. The number of sulfone groups is 1. The summed E-state index contributed by atoms with van der Waals surface area (Å²) in [6.45, 7) is 1.95. The molecule has 0 N–H and O–H groups in total. The number of aryl methyl sites for hydroxylation is 1. The van der Waals surface area contributed by atoms with Crippen LogP contribution in [0.4, 0.5) is 10.1 Å². The van der Waals surface area contributed by atoms with Crippen molar-refractivity contribution in [1.29, 1.82) is 0 Å². The van der Waals surface area contributed by atoms with E-state index >= 15 is 0 Å². The average molecular weight is 419 g/mol. The van der Waals surface area contributed by atoms with Crippen molar-refractivity contribution in [3.05, 3.63) is 65.5 Å². The Balaban J connectivity index is 1.65. The lowest BCUT2D eigenvalue weighted by Gasteiger charge is -2.26. The number of hydrogen-bond donors (Lipinski definition) is 0. The first-order chi connectivity index (χ1) is 13.3. The van der Waals surface area contributed by atoms with Crippen LogP contribution in [0.1, 0.15) is 11.1 Å². The molecule has 0 radical (unpaired) electrons. The molecule has 28 heavy (non-hydrogen) atoms. The second kappa shape index (κ2) is 7.33. The zero-order valence-corrected chi connectivity index (χ0v) is 16.8. The molecule has 0 aliphatic carbocycles. The predicted molar refractivity (Wildman–Crippen MR) is 110 cm³/mol. The molecule has 2 saturated heterocycles. The van der Waals surface area contributed by atoms with Gasteiger partial charge in [0.05, 0.1) is 24.0 Å². The SMILES string of the molecule is Cc1ccccc1N1C(=NC(=O)Cc2ccc(F)cc2)S[C@@H]2CS(=O)(=O)C[C@@H]21. The molecule has 8 heteroatoms. The maximum Gasteiger partial charge on any atom is 0.252 e. The van der Waals surface area contributed by atoms with E-state index in [4.69, 9.17) is 0 Å². The van der Waals surface area contributed by atoms with E-state index in [1.165, 1.54) is 23.9 Å². The van der Waals surface area contributed by atoms with Crippen LogP contribution in [0.3, 0.4) is 0 Å². The minimum absolute atomic E-state index is 0.0597. The lowest BCUT2D eigenvalue weighted by atomic mass is 10.1. The molecule has 2 aromatic carbocycles. The maximum atomic E-state index is 13.1. The molecule has 2 aliphatic rings. The van der Waals surface area contributed by atoms with E-state index in [-0.39, 0.29) is 40.9 Å². The minimum atomic E-state index is -3.10. The Kier molecular flexibility index (Phi) is 5.01. The summed E-state index contributed by atoms with van der Waals surface area (Å²) in [5.74, 6) is -0.538. The topological polar surface area (TPSA) is 66.8 Å². The van der Waals surface area contributed by atoms with Crippen LogP contribution in [-0.4, -0.2) is 42.3 Å². The van der Waals surface area contributed by atoms with Gasteiger partial charge in [-0.15, -0.1) is 0 Å². The number of amidine groups is 1. The Labute approximate surface area is 167 Å². The van der Waals surface area contributed by atoms with Crippen LogP contribution in [0.25, 0.3) is 0 Å². The summed E-state index contributed by atoms with van der Waals surface area (Å²) in [5, 5.41) is 0.397. The number of thioether (sulfide) groups is 1. The summed E-state index contributed by atoms with van der Waals surface area (Å²) in [4.78, 5) is 18.7. The van der Waals surface area contributed by atoms with Crippen molar-refractivity contribution in [2.75, 3.05) is 16.4 Å². The molecule has 2 fully saturated rings. The van der Waals surface area contributed by atoms with Crippen LogP contribution in [-0.2, 0) is 21.1 Å². The number of fused-ring (bicyclic) bond motifs is 1. The second-order valence-electron chi connectivity index (χ2n) is 7.05. The molecule has 0 unspecified atom stereocenters. The summed E-state index contributed by atoms with van der Waals surface area (Å²) in [6, 6.07) is 13.2. The Morgan fingerprint density at radius 3 is 2.61 bits per heavy atom. The van der Waals surface area contributed by atoms with Gasteiger partial charge in [-0.05, 0) is 36.2 Å². The zero-order valence-electron chi connectivity index (χ0n) is 15.2. The number of amides is 1. The van der Waals surface area contributed by atoms with E-state index in [2.05, 4.69) is 4.99 Å². The number of hydrogen-bond acceptors (Lipinski definition) is 4. The van der Waals surface area contributed by atoms with Gasteiger partial charge in [0.15, 0.2) is 15.0 Å². The number of nitrogens with zero attached hydrogens (tertiary/aromatic N) is 2. The van der Waals surface area contributed by atoms with Crippen molar-refractivity contribution in [1.82, 2.24) is 0 Å². The van der Waals surface area contributed by atoms with Crippen LogP contribution >= 0.6 is 11.8 Å². The fourth-order valence-corrected chi connectivity index (χ4v) is 7.53. The van der Waals surface area contributed by atoms with Crippen molar-refractivity contribution >= 4 is 38.4 Å². The number of rotatable bonds is 3. The van der Waals surface area contributed by atoms with Gasteiger partial charge in [-0.1, -0.05) is 42.1 Å². The van der Waals surface area contributed by atoms with Gasteiger partial charge in [-0.2, -0.15) is 4.99 Å². The molecule has 0 bridgehead atoms. The number of aliphatic imine (C=N–C) groups is 1. The van der Waals surface area contributed by atoms with E-state index in [0.717, 1.165) is 11.3 Å². The highest BCUT2D eigenvalue weighted by atomic mass is 32.2. The van der Waals surface area contributed by atoms with Gasteiger partial charge in [0.1, 0.15) is 5.82 Å². The summed E-state index contributed by atoms with van der Waals surface area (Å²) >= 11 is 1.35. The smallest absolute Gasteiger partial charge is 0.252 e. The van der Waals surface area contributed by atoms with Gasteiger partial charge in [0, 0.05) is 10.9 Å². The number of benzene rings is 2. The molecule has 2 aromatic rings. The highest BCUT2D eigenvalue weighted by Crippen LogP contribution is 2.41. The second-order valence-corrected chi connectivity index (χ2v) is 10.4. The first-order valence-corrected chi connectivity index (χ1v) is 11.6. The van der Waals surface area contributed by atoms with Gasteiger partial charge in [0.25, 0.3) is 5.91 Å². The van der Waals surface area contributed by atoms with E-state index in [0.29, 0.717) is 10.7 Å². The van der Waals surface area contributed by atoms with E-state index in [9.17, 15) is 17.6 Å². The van der Waals surface area contributed by atoms with Crippen LogP contribution in [0.2, 0.25) is 0 Å². The molecule has 2 aliphatic heterocycles. The van der Waals surface area contributed by atoms with Gasteiger partial charge in [0.2, 0.25) is 0 Å². The van der Waals surface area contributed by atoms with Crippen LogP contribution in [0.15, 0.2) is 53.5 Å². The molecular formula is C20H19FN2O3S2. The van der Waals surface area contributed by atoms with Gasteiger partial charge >= 0.3 is 0 Å². The molecule has 1 amide bonds. The molecule has 4 rings (SSSR count). The normalized spacial score (nSPS) is 24.5. The standard InChI is InChI=1S/C20H19FN2O3S2/c1-13-4-2-3-5-16(13)23-17-11-28(25,26)12-18(17)27-20(23)22-19(24)10-14-6-8-15(21)9-7-14/h2-9,17-18H,10-12H2,1H3/t17-,18+/m0/s1. The van der Waals surface area contributed by atoms with Crippen LogP contribution in [0.5, 0.6) is 0 Å². The summed E-state index contributed by atoms with van der Waals surface area (Å²) in [5.41, 5.74) is 2.55. The predicted octanol–water partition coefficient (Wildman–Crippen LogP) is 2.98. The first-order valence-electron chi connectivity index (χ1n) is 8.90. The fraction of sp³-hybridized carbons (Fsp3) is 0.300. The van der Waals surface area contributed by atoms with Crippen LogP contribution in [0, 0.1) is 12.7 Å². The van der Waals surface area contributed by atoms with Gasteiger partial charge < -0.3 is 4.90 Å². The Morgan fingerprint density at radius 1 is 1.18 bits per heavy atom. The fourth-order valence-electron chi connectivity index (χ4n) is 3.60. The molecule has 2 atom stereocenters. The number of halogens is 1. The van der Waals surface area contributed by atoms with Crippen LogP contribution < -0.4 is 4.90 Å². The largest absolute Gasteiger partial charge is 0.315 e. The highest BCUT2D eigenvalue weighted by molar-refractivity contribution is 8.16. The van der Waals surface area contributed by atoms with Crippen molar-refractivity contribution in [2.24, 2.45) is 4.99 Å². The van der Waals surface area contributed by atoms with Crippen molar-refractivity contribution in [3.63, 3.8) is 0 Å². The Bertz CT molecular complexity index is 1050. The molecular weight excluding hydrogens is 399 g/mol. The van der Waals surface area contributed by atoms with Gasteiger partial charge in [-0.3, -0.25) is 4.79 Å². The molecule has 0 aromatic heterocycles. The molecule has 0 saturated carbocycles. The molecule has 5 nitrogen and oxygen atoms in total. The van der Waals surface area contributed by atoms with E-state index in [1.54, 1.807) is 12.1 Å². The number of para-hydroxylation sites is 1. The van der Waals surface area contributed by atoms with Crippen molar-refractivity contribution < 1.29 is 17.6 Å². The van der Waals surface area contributed by atoms with Crippen molar-refractivity contribution in [2.45, 2.75) is 24.6 Å². The molecule has 146 valence electrons. The number of carbonyl (C=O) groups is 1. The monoisotopic (exact) mass is 418 g/mol. The highest BCUT2D eigenvalue weighted by Gasteiger charge is 2.49.